The van der Waals surface area contributed by atoms with E-state index in [0.717, 1.165) is 32.5 Å². The normalized spacial score (nSPS) is 27.1. The van der Waals surface area contributed by atoms with Crippen LogP contribution in [0, 0.1) is 11.2 Å². The van der Waals surface area contributed by atoms with Crippen LogP contribution in [-0.2, 0) is 14.3 Å². The Balaban J connectivity index is 1.42. The Morgan fingerprint density at radius 1 is 1.25 bits per heavy atom. The molecular weight excluding hydrogens is 361 g/mol. The molecule has 4 rings (SSSR count). The summed E-state index contributed by atoms with van der Waals surface area (Å²) >= 11 is 0. The number of likely N-dealkylation sites (N-methyl/N-ethyl adjacent to an activating group) is 1. The van der Waals surface area contributed by atoms with Crippen LogP contribution in [-0.4, -0.2) is 67.6 Å². The van der Waals surface area contributed by atoms with Crippen LogP contribution in [0.15, 0.2) is 24.3 Å². The van der Waals surface area contributed by atoms with E-state index in [1.54, 1.807) is 19.2 Å². The van der Waals surface area contributed by atoms with Crippen LogP contribution in [0.3, 0.4) is 0 Å². The van der Waals surface area contributed by atoms with Crippen molar-refractivity contribution in [2.24, 2.45) is 5.41 Å². The number of hydrogen-bond donors (Lipinski definition) is 1. The number of nitrogens with one attached hydrogen (secondary N) is 1. The number of carbonyl (C=O) groups excluding carboxylic acids is 2. The number of carbonyl (C=O) groups is 2. The maximum atomic E-state index is 13.3. The van der Waals surface area contributed by atoms with Crippen molar-refractivity contribution in [3.05, 3.63) is 35.6 Å². The first kappa shape index (κ1) is 19.3. The highest BCUT2D eigenvalue weighted by Gasteiger charge is 2.46. The van der Waals surface area contributed by atoms with Gasteiger partial charge in [0.2, 0.25) is 5.91 Å². The van der Waals surface area contributed by atoms with Gasteiger partial charge >= 0.3 is 0 Å². The van der Waals surface area contributed by atoms with Crippen LogP contribution in [0.2, 0.25) is 0 Å². The van der Waals surface area contributed by atoms with Crippen LogP contribution in [0.5, 0.6) is 0 Å². The lowest BCUT2D eigenvalue weighted by Crippen LogP contribution is -2.53. The Morgan fingerprint density at radius 3 is 2.57 bits per heavy atom. The molecule has 1 aromatic carbocycles. The summed E-state index contributed by atoms with van der Waals surface area (Å²) in [6.45, 7) is 3.86. The zero-order chi connectivity index (χ0) is 19.7. The van der Waals surface area contributed by atoms with Crippen molar-refractivity contribution in [3.63, 3.8) is 0 Å². The lowest BCUT2D eigenvalue weighted by molar-refractivity contribution is -0.162. The maximum absolute atomic E-state index is 13.3. The van der Waals surface area contributed by atoms with Crippen LogP contribution in [0.25, 0.3) is 0 Å². The number of nitrogens with zero attached hydrogens (tertiary/aromatic N) is 2. The van der Waals surface area contributed by atoms with E-state index < -0.39 is 12.1 Å². The average molecular weight is 389 g/mol. The fraction of sp³-hybridized carbons (Fsp3) is 0.619. The van der Waals surface area contributed by atoms with Crippen molar-refractivity contribution in [3.8, 4) is 0 Å². The number of benzene rings is 1. The van der Waals surface area contributed by atoms with Gasteiger partial charge in [-0.25, -0.2) is 4.39 Å². The second-order valence-electron chi connectivity index (χ2n) is 8.43. The standard InChI is InChI=1S/C21H28FN3O3/c1-24-17(26)12-28-19(18(24)15-4-6-16(22)7-5-15)20(27)23-13-21(8-9-21)14-25-10-2-3-11-25/h4-7,18-19H,2-3,8-14H2,1H3,(H,23,27). The summed E-state index contributed by atoms with van der Waals surface area (Å²) in [4.78, 5) is 29.1. The van der Waals surface area contributed by atoms with Gasteiger partial charge in [0.25, 0.3) is 5.91 Å². The quantitative estimate of drug-likeness (QED) is 0.805. The molecule has 1 saturated carbocycles. The topological polar surface area (TPSA) is 61.9 Å². The summed E-state index contributed by atoms with van der Waals surface area (Å²) in [6.07, 6.45) is 4.00. The van der Waals surface area contributed by atoms with E-state index in [4.69, 9.17) is 4.74 Å². The molecule has 6 nitrogen and oxygen atoms in total. The molecular formula is C21H28FN3O3. The van der Waals surface area contributed by atoms with Crippen molar-refractivity contribution >= 4 is 11.8 Å². The third-order valence-electron chi connectivity index (χ3n) is 6.31. The molecule has 152 valence electrons. The van der Waals surface area contributed by atoms with Gasteiger partial charge in [0.05, 0.1) is 6.04 Å². The lowest BCUT2D eigenvalue weighted by Gasteiger charge is -2.38. The summed E-state index contributed by atoms with van der Waals surface area (Å²) in [7, 11) is 1.66. The van der Waals surface area contributed by atoms with Gasteiger partial charge in [-0.15, -0.1) is 0 Å². The van der Waals surface area contributed by atoms with Crippen molar-refractivity contribution in [1.29, 1.82) is 0 Å². The lowest BCUT2D eigenvalue weighted by atomic mass is 9.97. The van der Waals surface area contributed by atoms with Gasteiger partial charge in [0.1, 0.15) is 12.4 Å². The number of likely N-dealkylation sites (tertiary alicyclic amines) is 1. The molecule has 1 aliphatic carbocycles. The molecule has 1 aromatic rings. The Hall–Kier alpha value is -1.99. The van der Waals surface area contributed by atoms with Gasteiger partial charge in [-0.3, -0.25) is 9.59 Å². The number of hydrogen-bond acceptors (Lipinski definition) is 4. The minimum Gasteiger partial charge on any atom is -0.356 e. The predicted molar refractivity (Wildman–Crippen MR) is 102 cm³/mol. The van der Waals surface area contributed by atoms with Crippen molar-refractivity contribution in [1.82, 2.24) is 15.1 Å². The van der Waals surface area contributed by atoms with Crippen molar-refractivity contribution in [2.75, 3.05) is 39.8 Å². The van der Waals surface area contributed by atoms with Gasteiger partial charge in [0.15, 0.2) is 6.10 Å². The summed E-state index contributed by atoms with van der Waals surface area (Å²) in [5.41, 5.74) is 0.872. The van der Waals surface area contributed by atoms with E-state index in [2.05, 4.69) is 10.2 Å². The molecule has 0 spiro atoms. The largest absolute Gasteiger partial charge is 0.356 e. The summed E-state index contributed by atoms with van der Waals surface area (Å²) < 4.78 is 18.9. The Bertz CT molecular complexity index is 729. The van der Waals surface area contributed by atoms with E-state index in [9.17, 15) is 14.0 Å². The second-order valence-corrected chi connectivity index (χ2v) is 8.43. The molecule has 7 heteroatoms. The first-order chi connectivity index (χ1) is 13.5. The molecule has 2 amide bonds. The first-order valence-corrected chi connectivity index (χ1v) is 10.1. The van der Waals surface area contributed by atoms with Gasteiger partial charge in [0, 0.05) is 25.6 Å². The minimum absolute atomic E-state index is 0.120. The van der Waals surface area contributed by atoms with E-state index in [1.807, 2.05) is 0 Å². The van der Waals surface area contributed by atoms with E-state index in [0.29, 0.717) is 12.1 Å². The molecule has 1 N–H and O–H groups in total. The molecule has 2 unspecified atom stereocenters. The third kappa shape index (κ3) is 4.05. The number of morpholine rings is 1. The van der Waals surface area contributed by atoms with Crippen LogP contribution < -0.4 is 5.32 Å². The molecule has 0 radical (unpaired) electrons. The zero-order valence-corrected chi connectivity index (χ0v) is 16.3. The predicted octanol–water partition coefficient (Wildman–Crippen LogP) is 1.72. The third-order valence-corrected chi connectivity index (χ3v) is 6.31. The summed E-state index contributed by atoms with van der Waals surface area (Å²) in [6, 6.07) is 5.33. The molecule has 0 aromatic heterocycles. The zero-order valence-electron chi connectivity index (χ0n) is 16.3. The number of ether oxygens (including phenoxy) is 1. The van der Waals surface area contributed by atoms with Crippen LogP contribution in [0.1, 0.15) is 37.3 Å². The van der Waals surface area contributed by atoms with Crippen LogP contribution >= 0.6 is 0 Å². The fourth-order valence-corrected chi connectivity index (χ4v) is 4.35. The highest BCUT2D eigenvalue weighted by molar-refractivity contribution is 5.86. The minimum atomic E-state index is -0.796. The fourth-order valence-electron chi connectivity index (χ4n) is 4.35. The van der Waals surface area contributed by atoms with Crippen molar-refractivity contribution < 1.29 is 18.7 Å². The second kappa shape index (κ2) is 7.79. The molecule has 3 fully saturated rings. The molecule has 2 saturated heterocycles. The molecule has 2 heterocycles. The Kier molecular flexibility index (Phi) is 5.38. The van der Waals surface area contributed by atoms with E-state index >= 15 is 0 Å². The van der Waals surface area contributed by atoms with Crippen LogP contribution in [0.4, 0.5) is 4.39 Å². The monoisotopic (exact) mass is 389 g/mol. The Labute approximate surface area is 165 Å². The molecule has 2 atom stereocenters. The summed E-state index contributed by atoms with van der Waals surface area (Å²) in [5, 5.41) is 3.07. The smallest absolute Gasteiger partial charge is 0.251 e. The average Bonchev–Trinajstić information content (AvgIpc) is 3.26. The van der Waals surface area contributed by atoms with Gasteiger partial charge < -0.3 is 19.9 Å². The highest BCUT2D eigenvalue weighted by Crippen LogP contribution is 2.46. The highest BCUT2D eigenvalue weighted by atomic mass is 19.1. The number of amides is 2. The SMILES string of the molecule is CN1C(=O)COC(C(=O)NCC2(CN3CCCC3)CC2)C1c1ccc(F)cc1. The van der Waals surface area contributed by atoms with E-state index in [-0.39, 0.29) is 29.7 Å². The first-order valence-electron chi connectivity index (χ1n) is 10.1. The molecule has 0 bridgehead atoms. The van der Waals surface area contributed by atoms with Gasteiger partial charge in [-0.1, -0.05) is 12.1 Å². The number of halogens is 1. The van der Waals surface area contributed by atoms with Crippen molar-refractivity contribution in [2.45, 2.75) is 37.8 Å². The maximum Gasteiger partial charge on any atom is 0.251 e. The molecule has 3 aliphatic rings. The van der Waals surface area contributed by atoms with E-state index in [1.165, 1.54) is 29.9 Å². The molecule has 28 heavy (non-hydrogen) atoms. The van der Waals surface area contributed by atoms with Gasteiger partial charge in [-0.2, -0.15) is 0 Å². The van der Waals surface area contributed by atoms with Gasteiger partial charge in [-0.05, 0) is 56.5 Å². The number of rotatable bonds is 6. The molecule has 2 aliphatic heterocycles. The summed E-state index contributed by atoms with van der Waals surface area (Å²) in [5.74, 6) is -0.750. The Morgan fingerprint density at radius 2 is 1.93 bits per heavy atom.